The van der Waals surface area contributed by atoms with E-state index in [1.807, 2.05) is 55.5 Å². The summed E-state index contributed by atoms with van der Waals surface area (Å²) in [4.78, 5) is 0. The van der Waals surface area contributed by atoms with Crippen LogP contribution in [-0.4, -0.2) is 13.2 Å². The van der Waals surface area contributed by atoms with E-state index in [0.717, 1.165) is 37.6 Å². The van der Waals surface area contributed by atoms with E-state index in [0.29, 0.717) is 11.3 Å². The summed E-state index contributed by atoms with van der Waals surface area (Å²) in [5, 5.41) is 12.0. The molecule has 0 saturated heterocycles. The summed E-state index contributed by atoms with van der Waals surface area (Å²) in [5.74, 6) is 1.42. The van der Waals surface area contributed by atoms with Crippen LogP contribution in [0.15, 0.2) is 54.6 Å². The number of hydrogen-bond donors (Lipinski definition) is 0. The average molecular weight is 483 g/mol. The zero-order valence-electron chi connectivity index (χ0n) is 16.2. The summed E-state index contributed by atoms with van der Waals surface area (Å²) in [7, 11) is 1.64. The molecule has 0 N–H and O–H groups in total. The molecule has 3 rings (SSSR count). The minimum Gasteiger partial charge on any atom is -0.493 e. The number of nitrogens with zero attached hydrogens (tertiary/aromatic N) is 1. The van der Waals surface area contributed by atoms with E-state index in [4.69, 9.17) is 9.47 Å². The molecule has 3 aromatic rings. The highest BCUT2D eigenvalue weighted by Gasteiger charge is 2.14. The van der Waals surface area contributed by atoms with Crippen molar-refractivity contribution in [2.24, 2.45) is 0 Å². The van der Waals surface area contributed by atoms with Gasteiger partial charge in [0.2, 0.25) is 0 Å². The van der Waals surface area contributed by atoms with Gasteiger partial charge in [-0.3, -0.25) is 0 Å². The maximum atomic E-state index is 9.74. The first-order chi connectivity index (χ1) is 13.5. The van der Waals surface area contributed by atoms with Gasteiger partial charge in [0.1, 0.15) is 0 Å². The summed E-state index contributed by atoms with van der Waals surface area (Å²) in [6.45, 7) is 4.13. The molecule has 0 radical (unpaired) electrons. The monoisotopic (exact) mass is 483 g/mol. The second kappa shape index (κ2) is 9.11. The zero-order valence-corrected chi connectivity index (χ0v) is 18.4. The van der Waals surface area contributed by atoms with Crippen LogP contribution in [0.5, 0.6) is 11.5 Å². The molecule has 4 heteroatoms. The molecular formula is C24H22INO2. The SMILES string of the molecule is CC[C@H](C)Oc1c(I)cc(/C=C(/C#N)c2ccc3ccccc3c2)cc1OC. The number of allylic oxidation sites excluding steroid dienone is 1. The maximum Gasteiger partial charge on any atom is 0.174 e. The van der Waals surface area contributed by atoms with Crippen molar-refractivity contribution in [3.63, 3.8) is 0 Å². The second-order valence-corrected chi connectivity index (χ2v) is 7.76. The normalized spacial score (nSPS) is 12.5. The van der Waals surface area contributed by atoms with Crippen LogP contribution in [0, 0.1) is 14.9 Å². The quantitative estimate of drug-likeness (QED) is 0.223. The van der Waals surface area contributed by atoms with Gasteiger partial charge in [-0.1, -0.05) is 43.3 Å². The predicted octanol–water partition coefficient (Wildman–Crippen LogP) is 6.69. The van der Waals surface area contributed by atoms with Crippen molar-refractivity contribution in [1.29, 1.82) is 5.26 Å². The van der Waals surface area contributed by atoms with Gasteiger partial charge >= 0.3 is 0 Å². The fourth-order valence-corrected chi connectivity index (χ4v) is 3.68. The Morgan fingerprint density at radius 3 is 2.57 bits per heavy atom. The van der Waals surface area contributed by atoms with Crippen LogP contribution in [0.2, 0.25) is 0 Å². The number of fused-ring (bicyclic) bond motifs is 1. The van der Waals surface area contributed by atoms with E-state index in [-0.39, 0.29) is 6.10 Å². The highest BCUT2D eigenvalue weighted by atomic mass is 127. The maximum absolute atomic E-state index is 9.74. The van der Waals surface area contributed by atoms with Gasteiger partial charge in [-0.05, 0) is 82.1 Å². The van der Waals surface area contributed by atoms with Crippen molar-refractivity contribution in [3.05, 3.63) is 69.3 Å². The van der Waals surface area contributed by atoms with Crippen molar-refractivity contribution in [1.82, 2.24) is 0 Å². The molecule has 0 saturated carbocycles. The first-order valence-electron chi connectivity index (χ1n) is 9.20. The molecule has 3 aromatic carbocycles. The van der Waals surface area contributed by atoms with Crippen LogP contribution in [0.25, 0.3) is 22.4 Å². The Labute approximate surface area is 179 Å². The first-order valence-corrected chi connectivity index (χ1v) is 10.3. The Bertz CT molecular complexity index is 1070. The molecule has 0 aromatic heterocycles. The molecule has 0 fully saturated rings. The molecule has 0 heterocycles. The van der Waals surface area contributed by atoms with Crippen LogP contribution in [-0.2, 0) is 0 Å². The van der Waals surface area contributed by atoms with Crippen LogP contribution in [0.3, 0.4) is 0 Å². The Hall–Kier alpha value is -2.52. The summed E-state index contributed by atoms with van der Waals surface area (Å²) >= 11 is 2.25. The smallest absolute Gasteiger partial charge is 0.174 e. The zero-order chi connectivity index (χ0) is 20.1. The lowest BCUT2D eigenvalue weighted by Gasteiger charge is -2.17. The van der Waals surface area contributed by atoms with E-state index in [1.54, 1.807) is 7.11 Å². The molecule has 0 spiro atoms. The number of methoxy groups -OCH3 is 1. The fourth-order valence-electron chi connectivity index (χ4n) is 2.93. The Morgan fingerprint density at radius 1 is 1.14 bits per heavy atom. The second-order valence-electron chi connectivity index (χ2n) is 6.60. The molecule has 0 aliphatic heterocycles. The van der Waals surface area contributed by atoms with Crippen molar-refractivity contribution in [2.75, 3.05) is 7.11 Å². The molecule has 0 unspecified atom stereocenters. The molecule has 0 bridgehead atoms. The average Bonchev–Trinajstić information content (AvgIpc) is 2.73. The highest BCUT2D eigenvalue weighted by molar-refractivity contribution is 14.1. The molecule has 0 aliphatic rings. The van der Waals surface area contributed by atoms with Crippen molar-refractivity contribution in [3.8, 4) is 17.6 Å². The molecule has 0 aliphatic carbocycles. The summed E-state index contributed by atoms with van der Waals surface area (Å²) < 4.78 is 12.5. The topological polar surface area (TPSA) is 42.2 Å². The molecule has 1 atom stereocenters. The number of benzene rings is 3. The van der Waals surface area contributed by atoms with Crippen LogP contribution < -0.4 is 9.47 Å². The Morgan fingerprint density at radius 2 is 1.89 bits per heavy atom. The standard InChI is InChI=1S/C24H22INO2/c1-4-16(2)28-24-22(25)12-17(13-23(24)27-3)11-21(15-26)20-10-9-18-7-5-6-8-19(18)14-20/h5-14,16H,4H2,1-3H3/b21-11-/t16-/m0/s1. The molecule has 0 amide bonds. The lowest BCUT2D eigenvalue weighted by atomic mass is 10.00. The van der Waals surface area contributed by atoms with Crippen LogP contribution >= 0.6 is 22.6 Å². The third-order valence-corrected chi connectivity index (χ3v) is 5.44. The lowest BCUT2D eigenvalue weighted by Crippen LogP contribution is -2.11. The van der Waals surface area contributed by atoms with Crippen molar-refractivity contribution in [2.45, 2.75) is 26.4 Å². The lowest BCUT2D eigenvalue weighted by molar-refractivity contribution is 0.206. The molecule has 142 valence electrons. The minimum absolute atomic E-state index is 0.107. The van der Waals surface area contributed by atoms with E-state index >= 15 is 0 Å². The summed E-state index contributed by atoms with van der Waals surface area (Å²) in [5.41, 5.74) is 2.41. The molecular weight excluding hydrogens is 461 g/mol. The highest BCUT2D eigenvalue weighted by Crippen LogP contribution is 2.36. The third kappa shape index (κ3) is 4.48. The Kier molecular flexibility index (Phi) is 6.58. The van der Waals surface area contributed by atoms with Gasteiger partial charge < -0.3 is 9.47 Å². The summed E-state index contributed by atoms with van der Waals surface area (Å²) in [6, 6.07) is 20.5. The van der Waals surface area contributed by atoms with Crippen molar-refractivity contribution < 1.29 is 9.47 Å². The van der Waals surface area contributed by atoms with Gasteiger partial charge in [-0.25, -0.2) is 0 Å². The number of ether oxygens (including phenoxy) is 2. The third-order valence-electron chi connectivity index (χ3n) is 4.64. The van der Waals surface area contributed by atoms with Gasteiger partial charge in [0.05, 0.1) is 28.4 Å². The van der Waals surface area contributed by atoms with Gasteiger partial charge in [-0.2, -0.15) is 5.26 Å². The van der Waals surface area contributed by atoms with E-state index in [2.05, 4.69) is 47.7 Å². The predicted molar refractivity (Wildman–Crippen MR) is 124 cm³/mol. The summed E-state index contributed by atoms with van der Waals surface area (Å²) in [6.07, 6.45) is 2.92. The molecule has 3 nitrogen and oxygen atoms in total. The van der Waals surface area contributed by atoms with Crippen LogP contribution in [0.1, 0.15) is 31.4 Å². The van der Waals surface area contributed by atoms with Crippen LogP contribution in [0.4, 0.5) is 0 Å². The number of rotatable bonds is 6. The van der Waals surface area contributed by atoms with Crippen molar-refractivity contribution >= 4 is 45.0 Å². The van der Waals surface area contributed by atoms with Gasteiger partial charge in [0.15, 0.2) is 11.5 Å². The van der Waals surface area contributed by atoms with Gasteiger partial charge in [0, 0.05) is 0 Å². The minimum atomic E-state index is 0.107. The number of hydrogen-bond acceptors (Lipinski definition) is 3. The molecule has 28 heavy (non-hydrogen) atoms. The van der Waals surface area contributed by atoms with E-state index < -0.39 is 0 Å². The fraction of sp³-hybridized carbons (Fsp3) is 0.208. The van der Waals surface area contributed by atoms with E-state index in [1.165, 1.54) is 0 Å². The largest absolute Gasteiger partial charge is 0.493 e. The first kappa shape index (κ1) is 20.2. The van der Waals surface area contributed by atoms with Gasteiger partial charge in [0.25, 0.3) is 0 Å². The number of nitriles is 1. The number of halogens is 1. The van der Waals surface area contributed by atoms with E-state index in [9.17, 15) is 5.26 Å². The van der Waals surface area contributed by atoms with Gasteiger partial charge in [-0.15, -0.1) is 0 Å². The Balaban J connectivity index is 2.02.